The van der Waals surface area contributed by atoms with Gasteiger partial charge in [-0.1, -0.05) is 103 Å². The van der Waals surface area contributed by atoms with Crippen LogP contribution in [0.5, 0.6) is 5.75 Å². The Labute approximate surface area is 195 Å². The van der Waals surface area contributed by atoms with Gasteiger partial charge in [-0.25, -0.2) is 0 Å². The molecule has 0 radical (unpaired) electrons. The number of hydrogen-bond acceptors (Lipinski definition) is 2. The summed E-state index contributed by atoms with van der Waals surface area (Å²) in [7, 11) is 0. The monoisotopic (exact) mass is 433 g/mol. The molecular formula is C30H27NO2. The maximum absolute atomic E-state index is 13.1. The van der Waals surface area contributed by atoms with Crippen molar-refractivity contribution in [1.29, 1.82) is 0 Å². The van der Waals surface area contributed by atoms with Gasteiger partial charge < -0.3 is 9.64 Å². The number of carbonyl (C=O) groups is 1. The van der Waals surface area contributed by atoms with Gasteiger partial charge in [0.2, 0.25) is 5.91 Å². The first kappa shape index (κ1) is 22.1. The number of hydrogen-bond donors (Lipinski definition) is 0. The van der Waals surface area contributed by atoms with E-state index in [0.717, 1.165) is 28.0 Å². The van der Waals surface area contributed by atoms with Crippen molar-refractivity contribution < 1.29 is 9.53 Å². The highest BCUT2D eigenvalue weighted by Crippen LogP contribution is 2.17. The zero-order valence-corrected chi connectivity index (χ0v) is 18.5. The molecule has 0 fully saturated rings. The molecule has 0 aliphatic heterocycles. The van der Waals surface area contributed by atoms with Crippen molar-refractivity contribution >= 4 is 12.0 Å². The predicted octanol–water partition coefficient (Wildman–Crippen LogP) is 6.51. The molecular weight excluding hydrogens is 406 g/mol. The van der Waals surface area contributed by atoms with Crippen LogP contribution in [0, 0.1) is 0 Å². The molecule has 1 amide bonds. The topological polar surface area (TPSA) is 29.5 Å². The molecule has 0 aromatic heterocycles. The molecule has 3 heteroatoms. The van der Waals surface area contributed by atoms with Gasteiger partial charge in [0, 0.05) is 19.2 Å². The Bertz CT molecular complexity index is 1130. The third kappa shape index (κ3) is 6.94. The van der Waals surface area contributed by atoms with Crippen LogP contribution in [0.4, 0.5) is 0 Å². The fourth-order valence-corrected chi connectivity index (χ4v) is 3.54. The average molecular weight is 434 g/mol. The number of carbonyl (C=O) groups excluding carboxylic acids is 1. The standard InChI is InChI=1S/C30H27NO2/c32-30(31(22-26-11-4-1-5-12-26)23-27-13-6-2-7-14-27)20-19-25-17-10-18-29(21-25)33-24-28-15-8-3-9-16-28/h1-21H,22-24H2/b20-19+. The van der Waals surface area contributed by atoms with E-state index in [2.05, 4.69) is 0 Å². The molecule has 4 aromatic rings. The number of benzene rings is 4. The highest BCUT2D eigenvalue weighted by molar-refractivity contribution is 5.91. The molecule has 4 aromatic carbocycles. The average Bonchev–Trinajstić information content (AvgIpc) is 2.88. The Morgan fingerprint density at radius 1 is 0.667 bits per heavy atom. The maximum atomic E-state index is 13.1. The lowest BCUT2D eigenvalue weighted by Crippen LogP contribution is -2.28. The molecule has 0 saturated carbocycles. The van der Waals surface area contributed by atoms with Gasteiger partial charge in [-0.05, 0) is 40.5 Å². The summed E-state index contributed by atoms with van der Waals surface area (Å²) in [5, 5.41) is 0. The molecule has 33 heavy (non-hydrogen) atoms. The van der Waals surface area contributed by atoms with Crippen LogP contribution in [0.2, 0.25) is 0 Å². The molecule has 0 aliphatic carbocycles. The Kier molecular flexibility index (Phi) is 7.70. The van der Waals surface area contributed by atoms with Crippen LogP contribution >= 0.6 is 0 Å². The zero-order chi connectivity index (χ0) is 22.7. The van der Waals surface area contributed by atoms with Crippen LogP contribution in [0.1, 0.15) is 22.3 Å². The van der Waals surface area contributed by atoms with E-state index < -0.39 is 0 Å². The molecule has 3 nitrogen and oxygen atoms in total. The minimum atomic E-state index is -0.0293. The van der Waals surface area contributed by atoms with Crippen LogP contribution in [-0.4, -0.2) is 10.8 Å². The van der Waals surface area contributed by atoms with Crippen LogP contribution in [0.3, 0.4) is 0 Å². The minimum absolute atomic E-state index is 0.0293. The minimum Gasteiger partial charge on any atom is -0.489 e. The quantitative estimate of drug-likeness (QED) is 0.282. The van der Waals surface area contributed by atoms with Crippen molar-refractivity contribution in [1.82, 2.24) is 4.90 Å². The Morgan fingerprint density at radius 3 is 1.79 bits per heavy atom. The fourth-order valence-electron chi connectivity index (χ4n) is 3.54. The van der Waals surface area contributed by atoms with Gasteiger partial charge >= 0.3 is 0 Å². The predicted molar refractivity (Wildman–Crippen MR) is 133 cm³/mol. The normalized spacial score (nSPS) is 10.8. The fraction of sp³-hybridized carbons (Fsp3) is 0.100. The SMILES string of the molecule is O=C(/C=C/c1cccc(OCc2ccccc2)c1)N(Cc1ccccc1)Cc1ccccc1. The summed E-state index contributed by atoms with van der Waals surface area (Å²) in [6.45, 7) is 1.62. The summed E-state index contributed by atoms with van der Waals surface area (Å²) in [5.74, 6) is 0.747. The molecule has 0 atom stereocenters. The van der Waals surface area contributed by atoms with E-state index in [4.69, 9.17) is 4.74 Å². The summed E-state index contributed by atoms with van der Waals surface area (Å²) in [4.78, 5) is 15.0. The van der Waals surface area contributed by atoms with Gasteiger partial charge in [0.1, 0.15) is 12.4 Å². The van der Waals surface area contributed by atoms with Crippen LogP contribution in [0.25, 0.3) is 6.08 Å². The first-order chi connectivity index (χ1) is 16.3. The van der Waals surface area contributed by atoms with E-state index >= 15 is 0 Å². The van der Waals surface area contributed by atoms with Crippen molar-refractivity contribution in [2.75, 3.05) is 0 Å². The number of rotatable bonds is 9. The van der Waals surface area contributed by atoms with Crippen LogP contribution in [-0.2, 0) is 24.5 Å². The van der Waals surface area contributed by atoms with Crippen molar-refractivity contribution in [3.8, 4) is 5.75 Å². The molecule has 0 aliphatic rings. The second-order valence-corrected chi connectivity index (χ2v) is 7.85. The third-order valence-electron chi connectivity index (χ3n) is 5.27. The highest BCUT2D eigenvalue weighted by atomic mass is 16.5. The number of nitrogens with zero attached hydrogens (tertiary/aromatic N) is 1. The van der Waals surface area contributed by atoms with Crippen molar-refractivity contribution in [2.24, 2.45) is 0 Å². The molecule has 0 heterocycles. The second-order valence-electron chi connectivity index (χ2n) is 7.85. The van der Waals surface area contributed by atoms with Crippen LogP contribution in [0.15, 0.2) is 121 Å². The van der Waals surface area contributed by atoms with Crippen molar-refractivity contribution in [3.63, 3.8) is 0 Å². The van der Waals surface area contributed by atoms with Gasteiger partial charge in [0.05, 0.1) is 0 Å². The van der Waals surface area contributed by atoms with Crippen LogP contribution < -0.4 is 4.74 Å². The summed E-state index contributed by atoms with van der Waals surface area (Å²) >= 11 is 0. The van der Waals surface area contributed by atoms with Gasteiger partial charge in [0.25, 0.3) is 0 Å². The Hall–Kier alpha value is -4.11. The van der Waals surface area contributed by atoms with Gasteiger partial charge in [0.15, 0.2) is 0 Å². The van der Waals surface area contributed by atoms with Gasteiger partial charge in [-0.2, -0.15) is 0 Å². The zero-order valence-electron chi connectivity index (χ0n) is 18.5. The lowest BCUT2D eigenvalue weighted by molar-refractivity contribution is -0.127. The summed E-state index contributed by atoms with van der Waals surface area (Å²) in [6.07, 6.45) is 3.49. The first-order valence-corrected chi connectivity index (χ1v) is 11.1. The lowest BCUT2D eigenvalue weighted by atomic mass is 10.1. The van der Waals surface area contributed by atoms with E-state index in [1.54, 1.807) is 6.08 Å². The summed E-state index contributed by atoms with van der Waals surface area (Å²) in [5.41, 5.74) is 4.25. The van der Waals surface area contributed by atoms with E-state index in [-0.39, 0.29) is 5.91 Å². The van der Waals surface area contributed by atoms with E-state index in [1.807, 2.05) is 126 Å². The molecule has 0 saturated heterocycles. The first-order valence-electron chi connectivity index (χ1n) is 11.1. The molecule has 0 unspecified atom stereocenters. The molecule has 0 bridgehead atoms. The largest absolute Gasteiger partial charge is 0.489 e. The smallest absolute Gasteiger partial charge is 0.247 e. The van der Waals surface area contributed by atoms with E-state index in [1.165, 1.54) is 0 Å². The van der Waals surface area contributed by atoms with E-state index in [9.17, 15) is 4.79 Å². The second kappa shape index (κ2) is 11.5. The Morgan fingerprint density at radius 2 is 1.21 bits per heavy atom. The van der Waals surface area contributed by atoms with Crippen molar-refractivity contribution in [2.45, 2.75) is 19.7 Å². The molecule has 0 N–H and O–H groups in total. The lowest BCUT2D eigenvalue weighted by Gasteiger charge is -2.21. The summed E-state index contributed by atoms with van der Waals surface area (Å²) < 4.78 is 5.92. The molecule has 164 valence electrons. The van der Waals surface area contributed by atoms with Gasteiger partial charge in [-0.15, -0.1) is 0 Å². The third-order valence-corrected chi connectivity index (χ3v) is 5.27. The number of ether oxygens (including phenoxy) is 1. The molecule has 4 rings (SSSR count). The highest BCUT2D eigenvalue weighted by Gasteiger charge is 2.12. The maximum Gasteiger partial charge on any atom is 0.247 e. The number of amides is 1. The molecule has 0 spiro atoms. The summed E-state index contributed by atoms with van der Waals surface area (Å²) in [6, 6.07) is 38.0. The van der Waals surface area contributed by atoms with E-state index in [0.29, 0.717) is 19.7 Å². The van der Waals surface area contributed by atoms with Crippen molar-refractivity contribution in [3.05, 3.63) is 144 Å². The Balaban J connectivity index is 1.44. The van der Waals surface area contributed by atoms with Gasteiger partial charge in [-0.3, -0.25) is 4.79 Å².